The summed E-state index contributed by atoms with van der Waals surface area (Å²) in [5.41, 5.74) is 3.77. The van der Waals surface area contributed by atoms with Crippen molar-refractivity contribution in [3.63, 3.8) is 0 Å². The quantitative estimate of drug-likeness (QED) is 0.292. The lowest BCUT2D eigenvalue weighted by Gasteiger charge is -2.54. The Morgan fingerprint density at radius 2 is 1.77 bits per heavy atom. The summed E-state index contributed by atoms with van der Waals surface area (Å²) in [6, 6.07) is 14.2. The third kappa shape index (κ3) is 6.38. The molecule has 0 heterocycles. The van der Waals surface area contributed by atoms with Crippen LogP contribution in [-0.4, -0.2) is 44.8 Å². The fourth-order valence-electron chi connectivity index (χ4n) is 7.97. The molecule has 3 aliphatic rings. The van der Waals surface area contributed by atoms with Crippen molar-refractivity contribution in [2.24, 2.45) is 17.3 Å². The molecule has 2 aromatic rings. The number of aliphatic hydroxyl groups excluding tert-OH is 1. The number of rotatable bonds is 10. The largest absolute Gasteiger partial charge is 0.508 e. The average Bonchev–Trinajstić information content (AvgIpc) is 3.20. The van der Waals surface area contributed by atoms with Gasteiger partial charge in [0, 0.05) is 16.6 Å². The molecule has 0 bridgehead atoms. The van der Waals surface area contributed by atoms with Crippen LogP contribution in [0.2, 0.25) is 0 Å². The van der Waals surface area contributed by atoms with Gasteiger partial charge in [0.25, 0.3) is 0 Å². The normalized spacial score (nSPS) is 30.3. The zero-order valence-electron chi connectivity index (χ0n) is 23.2. The molecule has 7 atom stereocenters. The predicted molar refractivity (Wildman–Crippen MR) is 151 cm³/mol. The second-order valence-corrected chi connectivity index (χ2v) is 13.9. The van der Waals surface area contributed by atoms with Gasteiger partial charge in [-0.1, -0.05) is 38.0 Å². The minimum atomic E-state index is -4.37. The number of ether oxygens (including phenoxy) is 1. The van der Waals surface area contributed by atoms with Crippen molar-refractivity contribution in [2.45, 2.75) is 88.8 Å². The van der Waals surface area contributed by atoms with E-state index in [1.807, 2.05) is 24.3 Å². The van der Waals surface area contributed by atoms with Crippen molar-refractivity contribution in [2.75, 3.05) is 18.1 Å². The Labute approximate surface area is 237 Å². The van der Waals surface area contributed by atoms with Gasteiger partial charge >= 0.3 is 6.18 Å². The molecule has 2 saturated carbocycles. The maximum absolute atomic E-state index is 12.3. The molecule has 0 radical (unpaired) electrons. The topological polar surface area (TPSA) is 66.8 Å². The van der Waals surface area contributed by atoms with Crippen molar-refractivity contribution in [1.29, 1.82) is 0 Å². The summed E-state index contributed by atoms with van der Waals surface area (Å²) in [6.45, 7) is 2.82. The fourth-order valence-corrected chi connectivity index (χ4v) is 9.00. The van der Waals surface area contributed by atoms with Crippen LogP contribution in [0.4, 0.5) is 13.2 Å². The summed E-state index contributed by atoms with van der Waals surface area (Å²) in [5.74, 6) is 1.66. The minimum Gasteiger partial charge on any atom is -0.508 e. The lowest BCUT2D eigenvalue weighted by molar-refractivity contribution is -0.105. The first-order valence-electron chi connectivity index (χ1n) is 14.7. The Balaban J connectivity index is 1.20. The molecular weight excluding hydrogens is 537 g/mol. The Morgan fingerprint density at radius 3 is 2.52 bits per heavy atom. The van der Waals surface area contributed by atoms with Gasteiger partial charge in [0.05, 0.1) is 12.7 Å². The Hall–Kier alpha value is -2.06. The van der Waals surface area contributed by atoms with Crippen molar-refractivity contribution >= 4 is 10.8 Å². The number of alkyl halides is 3. The zero-order chi connectivity index (χ0) is 28.5. The highest BCUT2D eigenvalue weighted by Gasteiger charge is 2.57. The summed E-state index contributed by atoms with van der Waals surface area (Å²) in [5, 5.41) is 21.2. The third-order valence-corrected chi connectivity index (χ3v) is 11.2. The molecule has 4 nitrogen and oxygen atoms in total. The van der Waals surface area contributed by atoms with Crippen LogP contribution in [-0.2, 0) is 17.2 Å². The van der Waals surface area contributed by atoms with Crippen LogP contribution in [0.5, 0.6) is 11.5 Å². The molecule has 0 spiro atoms. The molecule has 0 amide bonds. The number of benzene rings is 2. The van der Waals surface area contributed by atoms with Gasteiger partial charge < -0.3 is 14.9 Å². The molecule has 2 aromatic carbocycles. The second-order valence-electron chi connectivity index (χ2n) is 12.4. The molecule has 0 aliphatic heterocycles. The van der Waals surface area contributed by atoms with Crippen LogP contribution in [0.3, 0.4) is 0 Å². The number of hydrogen-bond donors (Lipinski definition) is 2. The maximum atomic E-state index is 12.3. The summed E-state index contributed by atoms with van der Waals surface area (Å²) in [4.78, 5) is 0. The van der Waals surface area contributed by atoms with E-state index < -0.39 is 22.7 Å². The zero-order valence-corrected chi connectivity index (χ0v) is 24.0. The van der Waals surface area contributed by atoms with Crippen LogP contribution in [0.15, 0.2) is 42.5 Å². The highest BCUT2D eigenvalue weighted by molar-refractivity contribution is 7.85. The number of aromatic hydroxyl groups is 1. The van der Waals surface area contributed by atoms with Crippen molar-refractivity contribution in [1.82, 2.24) is 0 Å². The van der Waals surface area contributed by atoms with Gasteiger partial charge in [0.1, 0.15) is 17.3 Å². The number of aryl methyl sites for hydroxylation is 1. The number of phenols is 1. The first kappa shape index (κ1) is 29.4. The van der Waals surface area contributed by atoms with Crippen molar-refractivity contribution < 1.29 is 32.3 Å². The monoisotopic (exact) mass is 578 g/mol. The van der Waals surface area contributed by atoms with Crippen LogP contribution < -0.4 is 4.74 Å². The number of hydrogen-bond acceptors (Lipinski definition) is 4. The predicted octanol–water partition coefficient (Wildman–Crippen LogP) is 7.25. The fraction of sp³-hybridized carbons (Fsp3) is 0.625. The number of phenolic OH excluding ortho intramolecular Hbond substituents is 1. The van der Waals surface area contributed by atoms with E-state index >= 15 is 0 Å². The Bertz CT molecular complexity index is 1180. The number of halogens is 3. The first-order valence-corrected chi connectivity index (χ1v) is 16.2. The van der Waals surface area contributed by atoms with Crippen molar-refractivity contribution in [3.8, 4) is 11.5 Å². The van der Waals surface area contributed by atoms with Gasteiger partial charge in [-0.2, -0.15) is 13.2 Å². The molecule has 220 valence electrons. The van der Waals surface area contributed by atoms with Gasteiger partial charge in [-0.05, 0) is 115 Å². The molecule has 0 saturated heterocycles. The standard InChI is InChI=1S/C32H41F3O4S/c1-31-19-27(30-25-13-9-23(36)18-22(25)8-12-26(30)28(31)14-15-29(31)37)21-6-10-24(11-7-21)39-16-4-2-3-5-17-40(38)20-32(33,34)35/h6-7,9-11,13,18,26-30,36-37H,2-5,8,12,14-17,19-20H2,1H3/t26-,27+,28-,29-,30+,31-,40?/m0/s1. The van der Waals surface area contributed by atoms with Crippen LogP contribution in [0, 0.1) is 17.3 Å². The van der Waals surface area contributed by atoms with E-state index in [1.54, 1.807) is 0 Å². The average molecular weight is 579 g/mol. The van der Waals surface area contributed by atoms with E-state index in [9.17, 15) is 27.6 Å². The van der Waals surface area contributed by atoms with E-state index in [-0.39, 0.29) is 23.2 Å². The van der Waals surface area contributed by atoms with Gasteiger partial charge in [0.15, 0.2) is 0 Å². The van der Waals surface area contributed by atoms with Crippen molar-refractivity contribution in [3.05, 3.63) is 59.2 Å². The van der Waals surface area contributed by atoms with Gasteiger partial charge in [-0.15, -0.1) is 0 Å². The number of fused-ring (bicyclic) bond motifs is 5. The SMILES string of the molecule is C[C@]12C[C@H](c3ccc(OCCCCCCS(=O)CC(F)(F)F)cc3)[C@@H]3c4ccc(O)cc4CC[C@H]3[C@@H]1CC[C@@H]2O. The van der Waals surface area contributed by atoms with Gasteiger partial charge in [0.2, 0.25) is 0 Å². The molecule has 2 fully saturated rings. The summed E-state index contributed by atoms with van der Waals surface area (Å²) in [6.07, 6.45) is 3.19. The third-order valence-electron chi connectivity index (χ3n) is 9.83. The molecular formula is C32H41F3O4S. The van der Waals surface area contributed by atoms with Crippen LogP contribution >= 0.6 is 0 Å². The van der Waals surface area contributed by atoms with Gasteiger partial charge in [-0.3, -0.25) is 4.21 Å². The first-order chi connectivity index (χ1) is 19.0. The summed E-state index contributed by atoms with van der Waals surface area (Å²) in [7, 11) is -1.83. The number of aliphatic hydroxyl groups is 1. The molecule has 40 heavy (non-hydrogen) atoms. The smallest absolute Gasteiger partial charge is 0.400 e. The highest BCUT2D eigenvalue weighted by atomic mass is 32.2. The Morgan fingerprint density at radius 1 is 1.02 bits per heavy atom. The molecule has 8 heteroatoms. The lowest BCUT2D eigenvalue weighted by atomic mass is 9.51. The molecule has 2 N–H and O–H groups in total. The number of unbranched alkanes of at least 4 members (excludes halogenated alkanes) is 3. The van der Waals surface area contributed by atoms with E-state index in [4.69, 9.17) is 4.74 Å². The van der Waals surface area contributed by atoms with Crippen LogP contribution in [0.1, 0.15) is 86.8 Å². The molecule has 5 rings (SSSR count). The van der Waals surface area contributed by atoms with E-state index in [2.05, 4.69) is 25.1 Å². The summed E-state index contributed by atoms with van der Waals surface area (Å²) < 4.78 is 54.2. The summed E-state index contributed by atoms with van der Waals surface area (Å²) >= 11 is 0. The van der Waals surface area contributed by atoms with E-state index in [0.29, 0.717) is 36.5 Å². The lowest BCUT2D eigenvalue weighted by Crippen LogP contribution is -2.47. The molecule has 3 aliphatic carbocycles. The molecule has 0 aromatic heterocycles. The highest BCUT2D eigenvalue weighted by Crippen LogP contribution is 2.65. The van der Waals surface area contributed by atoms with Crippen LogP contribution in [0.25, 0.3) is 0 Å². The second kappa shape index (κ2) is 12.0. The Kier molecular flexibility index (Phi) is 8.86. The minimum absolute atomic E-state index is 0.0885. The van der Waals surface area contributed by atoms with Gasteiger partial charge in [-0.25, -0.2) is 0 Å². The van der Waals surface area contributed by atoms with E-state index in [1.165, 1.54) is 16.7 Å². The van der Waals surface area contributed by atoms with E-state index in [0.717, 1.165) is 57.1 Å². The molecule has 1 unspecified atom stereocenters. The maximum Gasteiger partial charge on any atom is 0.400 e.